The SMILES string of the molecule is CCOc1cc(/C=C2\C(=O)NC(=O)N(c3ccc(C)cc3C)C2=O)cc(Cl)c1OCc1cccc(C)c1. The van der Waals surface area contributed by atoms with Crippen LogP contribution in [0.15, 0.2) is 60.2 Å². The van der Waals surface area contributed by atoms with Crippen LogP contribution in [-0.2, 0) is 16.2 Å². The van der Waals surface area contributed by atoms with Crippen molar-refractivity contribution in [2.24, 2.45) is 0 Å². The summed E-state index contributed by atoms with van der Waals surface area (Å²) in [7, 11) is 0. The summed E-state index contributed by atoms with van der Waals surface area (Å²) in [6, 6.07) is 15.7. The molecule has 7 nitrogen and oxygen atoms in total. The van der Waals surface area contributed by atoms with Crippen molar-refractivity contribution in [3.8, 4) is 11.5 Å². The van der Waals surface area contributed by atoms with E-state index >= 15 is 0 Å². The zero-order valence-electron chi connectivity index (χ0n) is 21.1. The number of carbonyl (C=O) groups is 3. The van der Waals surface area contributed by atoms with Crippen molar-refractivity contribution >= 4 is 41.2 Å². The summed E-state index contributed by atoms with van der Waals surface area (Å²) in [5, 5.41) is 2.51. The number of aryl methyl sites for hydroxylation is 3. The van der Waals surface area contributed by atoms with Crippen LogP contribution in [0.3, 0.4) is 0 Å². The molecule has 1 aliphatic rings. The van der Waals surface area contributed by atoms with Crippen LogP contribution in [0.25, 0.3) is 6.08 Å². The fraction of sp³-hybridized carbons (Fsp3) is 0.207. The number of rotatable bonds is 7. The Bertz CT molecular complexity index is 1430. The highest BCUT2D eigenvalue weighted by molar-refractivity contribution is 6.39. The first-order valence-electron chi connectivity index (χ1n) is 11.8. The van der Waals surface area contributed by atoms with E-state index in [2.05, 4.69) is 5.32 Å². The van der Waals surface area contributed by atoms with Crippen molar-refractivity contribution in [3.63, 3.8) is 0 Å². The van der Waals surface area contributed by atoms with Gasteiger partial charge in [0.1, 0.15) is 12.2 Å². The average Bonchev–Trinajstić information content (AvgIpc) is 2.83. The van der Waals surface area contributed by atoms with Crippen LogP contribution in [-0.4, -0.2) is 24.5 Å². The van der Waals surface area contributed by atoms with Gasteiger partial charge in [0, 0.05) is 0 Å². The van der Waals surface area contributed by atoms with Gasteiger partial charge in [-0.2, -0.15) is 0 Å². The molecule has 190 valence electrons. The van der Waals surface area contributed by atoms with E-state index in [1.54, 1.807) is 31.2 Å². The molecule has 0 aromatic heterocycles. The second-order valence-electron chi connectivity index (χ2n) is 8.79. The second kappa shape index (κ2) is 10.9. The molecule has 4 amide bonds. The molecule has 0 atom stereocenters. The predicted molar refractivity (Wildman–Crippen MR) is 143 cm³/mol. The maximum atomic E-state index is 13.3. The van der Waals surface area contributed by atoms with E-state index in [0.717, 1.165) is 27.2 Å². The van der Waals surface area contributed by atoms with Crippen LogP contribution in [0.4, 0.5) is 10.5 Å². The number of hydrogen-bond acceptors (Lipinski definition) is 5. The van der Waals surface area contributed by atoms with E-state index in [1.807, 2.05) is 51.1 Å². The van der Waals surface area contributed by atoms with Gasteiger partial charge in [-0.15, -0.1) is 0 Å². The van der Waals surface area contributed by atoms with Crippen LogP contribution in [0.5, 0.6) is 11.5 Å². The van der Waals surface area contributed by atoms with Crippen LogP contribution in [0, 0.1) is 20.8 Å². The Kier molecular flexibility index (Phi) is 7.64. The summed E-state index contributed by atoms with van der Waals surface area (Å²) in [4.78, 5) is 39.5. The highest BCUT2D eigenvalue weighted by Gasteiger charge is 2.37. The molecule has 0 aliphatic carbocycles. The lowest BCUT2D eigenvalue weighted by Crippen LogP contribution is -2.54. The van der Waals surface area contributed by atoms with Gasteiger partial charge in [-0.05, 0) is 68.7 Å². The molecule has 1 heterocycles. The van der Waals surface area contributed by atoms with E-state index in [1.165, 1.54) is 6.08 Å². The van der Waals surface area contributed by atoms with Crippen molar-refractivity contribution in [2.75, 3.05) is 11.5 Å². The minimum absolute atomic E-state index is 0.202. The summed E-state index contributed by atoms with van der Waals surface area (Å²) < 4.78 is 11.7. The van der Waals surface area contributed by atoms with Gasteiger partial charge >= 0.3 is 6.03 Å². The topological polar surface area (TPSA) is 84.9 Å². The largest absolute Gasteiger partial charge is 0.490 e. The molecule has 0 bridgehead atoms. The number of urea groups is 1. The normalized spacial score (nSPS) is 14.7. The summed E-state index contributed by atoms with van der Waals surface area (Å²) in [5.41, 5.74) is 4.46. The van der Waals surface area contributed by atoms with E-state index < -0.39 is 17.8 Å². The third-order valence-corrected chi connectivity index (χ3v) is 6.08. The molecule has 1 fully saturated rings. The first-order chi connectivity index (χ1) is 17.7. The van der Waals surface area contributed by atoms with E-state index in [0.29, 0.717) is 29.4 Å². The minimum Gasteiger partial charge on any atom is -0.490 e. The third kappa shape index (κ3) is 5.67. The number of benzene rings is 3. The maximum absolute atomic E-state index is 13.3. The quantitative estimate of drug-likeness (QED) is 0.310. The van der Waals surface area contributed by atoms with Crippen molar-refractivity contribution < 1.29 is 23.9 Å². The number of halogens is 1. The van der Waals surface area contributed by atoms with E-state index in [4.69, 9.17) is 21.1 Å². The van der Waals surface area contributed by atoms with E-state index in [9.17, 15) is 14.4 Å². The third-order valence-electron chi connectivity index (χ3n) is 5.80. The molecule has 0 unspecified atom stereocenters. The molecule has 3 aromatic rings. The van der Waals surface area contributed by atoms with Crippen LogP contribution >= 0.6 is 11.6 Å². The van der Waals surface area contributed by atoms with Gasteiger partial charge in [-0.1, -0.05) is 59.1 Å². The number of nitrogens with zero attached hydrogens (tertiary/aromatic N) is 1. The lowest BCUT2D eigenvalue weighted by molar-refractivity contribution is -0.122. The Morgan fingerprint density at radius 3 is 2.41 bits per heavy atom. The number of amides is 4. The lowest BCUT2D eigenvalue weighted by atomic mass is 10.0. The van der Waals surface area contributed by atoms with Crippen molar-refractivity contribution in [2.45, 2.75) is 34.3 Å². The number of nitrogens with one attached hydrogen (secondary N) is 1. The Labute approximate surface area is 220 Å². The molecule has 0 saturated carbocycles. The molecule has 1 aliphatic heterocycles. The molecular weight excluding hydrogens is 492 g/mol. The highest BCUT2D eigenvalue weighted by Crippen LogP contribution is 2.38. The molecule has 1 saturated heterocycles. The Morgan fingerprint density at radius 1 is 0.946 bits per heavy atom. The number of hydrogen-bond donors (Lipinski definition) is 1. The Hall–Kier alpha value is -4.10. The van der Waals surface area contributed by atoms with Gasteiger partial charge in [-0.25, -0.2) is 9.69 Å². The summed E-state index contributed by atoms with van der Waals surface area (Å²) in [6.45, 7) is 8.18. The Morgan fingerprint density at radius 2 is 1.70 bits per heavy atom. The standard InChI is InChI=1S/C29H27ClN2O5/c1-5-36-25-15-21(14-23(30)26(25)37-16-20-8-6-7-17(2)12-20)13-22-27(33)31-29(35)32(28(22)34)24-10-9-18(3)11-19(24)4/h6-15H,5,16H2,1-4H3,(H,31,33,35)/b22-13+. The zero-order chi connectivity index (χ0) is 26.7. The average molecular weight is 519 g/mol. The highest BCUT2D eigenvalue weighted by atomic mass is 35.5. The molecule has 0 radical (unpaired) electrons. The number of barbiturate groups is 1. The van der Waals surface area contributed by atoms with Crippen molar-refractivity contribution in [1.29, 1.82) is 0 Å². The summed E-state index contributed by atoms with van der Waals surface area (Å²) in [6.07, 6.45) is 1.39. The van der Waals surface area contributed by atoms with Crippen molar-refractivity contribution in [1.82, 2.24) is 5.32 Å². The minimum atomic E-state index is -0.799. The predicted octanol–water partition coefficient (Wildman–Crippen LogP) is 5.91. The van der Waals surface area contributed by atoms with Gasteiger partial charge in [-0.3, -0.25) is 14.9 Å². The summed E-state index contributed by atoms with van der Waals surface area (Å²) >= 11 is 6.56. The van der Waals surface area contributed by atoms with Gasteiger partial charge in [0.25, 0.3) is 11.8 Å². The number of anilines is 1. The Balaban J connectivity index is 1.67. The first kappa shape index (κ1) is 26.0. The molecule has 0 spiro atoms. The van der Waals surface area contributed by atoms with Gasteiger partial charge in [0.15, 0.2) is 11.5 Å². The molecule has 37 heavy (non-hydrogen) atoms. The fourth-order valence-corrected chi connectivity index (χ4v) is 4.40. The van der Waals surface area contributed by atoms with Crippen molar-refractivity contribution in [3.05, 3.63) is 93.0 Å². The fourth-order valence-electron chi connectivity index (χ4n) is 4.13. The summed E-state index contributed by atoms with van der Waals surface area (Å²) in [5.74, 6) is -0.779. The van der Waals surface area contributed by atoms with Crippen LogP contribution < -0.4 is 19.7 Å². The number of imide groups is 2. The van der Waals surface area contributed by atoms with Gasteiger partial charge in [0.2, 0.25) is 0 Å². The molecule has 1 N–H and O–H groups in total. The van der Waals surface area contributed by atoms with Crippen LogP contribution in [0.1, 0.15) is 34.7 Å². The number of carbonyl (C=O) groups excluding carboxylic acids is 3. The van der Waals surface area contributed by atoms with Crippen LogP contribution in [0.2, 0.25) is 5.02 Å². The zero-order valence-corrected chi connectivity index (χ0v) is 21.8. The van der Waals surface area contributed by atoms with Gasteiger partial charge < -0.3 is 9.47 Å². The lowest BCUT2D eigenvalue weighted by Gasteiger charge is -2.27. The molecule has 4 rings (SSSR count). The first-order valence-corrected chi connectivity index (χ1v) is 12.2. The molecule has 8 heteroatoms. The maximum Gasteiger partial charge on any atom is 0.335 e. The van der Waals surface area contributed by atoms with Gasteiger partial charge in [0.05, 0.1) is 17.3 Å². The smallest absolute Gasteiger partial charge is 0.335 e. The second-order valence-corrected chi connectivity index (χ2v) is 9.20. The van der Waals surface area contributed by atoms with E-state index in [-0.39, 0.29) is 17.2 Å². The number of ether oxygens (including phenoxy) is 2. The molecular formula is C29H27ClN2O5. The monoisotopic (exact) mass is 518 g/mol. The molecule has 3 aromatic carbocycles.